The molecule has 0 fully saturated rings. The van der Waals surface area contributed by atoms with Gasteiger partial charge in [-0.3, -0.25) is 10.4 Å². The topological polar surface area (TPSA) is 36.8 Å². The van der Waals surface area contributed by atoms with Crippen molar-refractivity contribution in [3.8, 4) is 0 Å². The Morgan fingerprint density at radius 1 is 1.38 bits per heavy atom. The van der Waals surface area contributed by atoms with Crippen LogP contribution in [0.4, 0.5) is 0 Å². The Bertz CT molecular complexity index is 237. The Hall–Kier alpha value is -1.64. The molecule has 3 heteroatoms. The van der Waals surface area contributed by atoms with Crippen molar-refractivity contribution in [1.29, 1.82) is 0 Å². The highest BCUT2D eigenvalue weighted by molar-refractivity contribution is 5.26. The molecule has 0 saturated carbocycles. The molecular weight excluding hydrogens is 162 g/mol. The lowest BCUT2D eigenvalue weighted by molar-refractivity contribution is 0.859. The molecule has 0 atom stereocenters. The van der Waals surface area contributed by atoms with Crippen molar-refractivity contribution in [2.24, 2.45) is 10.1 Å². The van der Waals surface area contributed by atoms with Crippen LogP contribution in [0, 0.1) is 0 Å². The van der Waals surface area contributed by atoms with E-state index in [0.29, 0.717) is 0 Å². The van der Waals surface area contributed by atoms with E-state index in [-0.39, 0.29) is 0 Å². The van der Waals surface area contributed by atoms with Crippen molar-refractivity contribution in [2.45, 2.75) is 13.3 Å². The van der Waals surface area contributed by atoms with Gasteiger partial charge < -0.3 is 0 Å². The van der Waals surface area contributed by atoms with Gasteiger partial charge in [-0.2, -0.15) is 5.10 Å². The minimum absolute atomic E-state index is 0.803. The lowest BCUT2D eigenvalue weighted by Gasteiger charge is -1.99. The molecule has 0 bridgehead atoms. The molecule has 0 aliphatic rings. The third-order valence-corrected chi connectivity index (χ3v) is 1.35. The number of hydrogen-bond acceptors (Lipinski definition) is 3. The zero-order valence-electron chi connectivity index (χ0n) is 7.90. The van der Waals surface area contributed by atoms with Crippen molar-refractivity contribution in [1.82, 2.24) is 5.43 Å². The first-order chi connectivity index (χ1) is 6.35. The molecule has 0 spiro atoms. The van der Waals surface area contributed by atoms with Gasteiger partial charge in [0, 0.05) is 25.0 Å². The van der Waals surface area contributed by atoms with Gasteiger partial charge in [0.15, 0.2) is 0 Å². The van der Waals surface area contributed by atoms with Gasteiger partial charge in [0.05, 0.1) is 0 Å². The molecule has 0 aliphatic carbocycles. The molecule has 3 nitrogen and oxygen atoms in total. The zero-order valence-corrected chi connectivity index (χ0v) is 7.90. The lowest BCUT2D eigenvalue weighted by atomic mass is 10.3. The van der Waals surface area contributed by atoms with Crippen LogP contribution < -0.4 is 5.43 Å². The quantitative estimate of drug-likeness (QED) is 0.377. The van der Waals surface area contributed by atoms with E-state index in [1.54, 1.807) is 6.20 Å². The number of rotatable bonds is 6. The van der Waals surface area contributed by atoms with E-state index >= 15 is 0 Å². The van der Waals surface area contributed by atoms with Crippen LogP contribution in [0.1, 0.15) is 13.3 Å². The average molecular weight is 177 g/mol. The van der Waals surface area contributed by atoms with Gasteiger partial charge >= 0.3 is 0 Å². The molecule has 0 aromatic rings. The zero-order chi connectivity index (χ0) is 9.94. The van der Waals surface area contributed by atoms with E-state index in [2.05, 4.69) is 29.0 Å². The number of nitrogens with one attached hydrogen (secondary N) is 1. The van der Waals surface area contributed by atoms with E-state index in [0.717, 1.165) is 12.1 Å². The Kier molecular flexibility index (Phi) is 7.39. The predicted molar refractivity (Wildman–Crippen MR) is 58.9 cm³/mol. The van der Waals surface area contributed by atoms with E-state index < -0.39 is 0 Å². The van der Waals surface area contributed by atoms with Crippen molar-refractivity contribution < 1.29 is 0 Å². The van der Waals surface area contributed by atoms with Crippen LogP contribution in [0.25, 0.3) is 0 Å². The minimum Gasteiger partial charge on any atom is -0.283 e. The third-order valence-electron chi connectivity index (χ3n) is 1.35. The Labute approximate surface area is 79.3 Å². The Morgan fingerprint density at radius 2 is 2.15 bits per heavy atom. The molecule has 0 heterocycles. The van der Waals surface area contributed by atoms with Crippen LogP contribution in [0.15, 0.2) is 46.3 Å². The fraction of sp³-hybridized carbons (Fsp3) is 0.200. The fourth-order valence-corrected chi connectivity index (χ4v) is 0.714. The summed E-state index contributed by atoms with van der Waals surface area (Å²) in [5.74, 6) is 0. The molecule has 0 aliphatic heterocycles. The Balaban J connectivity index is 3.84. The van der Waals surface area contributed by atoms with Crippen LogP contribution in [-0.2, 0) is 0 Å². The maximum Gasteiger partial charge on any atom is 0.0330 e. The monoisotopic (exact) mass is 177 g/mol. The van der Waals surface area contributed by atoms with E-state index in [1.807, 2.05) is 31.2 Å². The summed E-state index contributed by atoms with van der Waals surface area (Å²) in [7, 11) is 0. The second kappa shape index (κ2) is 8.46. The molecule has 0 aromatic carbocycles. The van der Waals surface area contributed by atoms with Crippen LogP contribution in [0.2, 0.25) is 0 Å². The van der Waals surface area contributed by atoms with E-state index in [9.17, 15) is 0 Å². The van der Waals surface area contributed by atoms with Crippen molar-refractivity contribution >= 4 is 13.4 Å². The van der Waals surface area contributed by atoms with Crippen LogP contribution >= 0.6 is 0 Å². The summed E-state index contributed by atoms with van der Waals surface area (Å²) in [5, 5.41) is 3.57. The molecular formula is C10H15N3. The number of hydrogen-bond donors (Lipinski definition) is 1. The number of hydrazone groups is 1. The minimum atomic E-state index is 0.803. The van der Waals surface area contributed by atoms with Crippen molar-refractivity contribution in [3.63, 3.8) is 0 Å². The van der Waals surface area contributed by atoms with Crippen LogP contribution in [0.5, 0.6) is 0 Å². The maximum absolute atomic E-state index is 3.57. The smallest absolute Gasteiger partial charge is 0.0330 e. The van der Waals surface area contributed by atoms with Gasteiger partial charge in [-0.15, -0.1) is 0 Å². The molecule has 0 unspecified atom stereocenters. The van der Waals surface area contributed by atoms with Gasteiger partial charge in [-0.25, -0.2) is 0 Å². The number of nitrogens with zero attached hydrogens (tertiary/aromatic N) is 2. The molecule has 0 aromatic heterocycles. The predicted octanol–water partition coefficient (Wildman–Crippen LogP) is 2.26. The third kappa shape index (κ3) is 6.75. The van der Waals surface area contributed by atoms with Gasteiger partial charge in [-0.05, 0) is 19.7 Å². The standard InChI is InChI=1S/C10H15N3/c1-4-10(13-12-3)8-6-5-7-9-11-2/h4-7,9,13H,2-3,8H2,1H3/b6-5-,9-7-,10-4-. The second-order valence-electron chi connectivity index (χ2n) is 2.24. The SMILES string of the molecule is C=N/C=C\C=C/C/C(=C/C)NN=C. The molecule has 13 heavy (non-hydrogen) atoms. The molecule has 0 rings (SSSR count). The first kappa shape index (κ1) is 11.4. The molecule has 1 N–H and O–H groups in total. The largest absolute Gasteiger partial charge is 0.283 e. The maximum atomic E-state index is 3.57. The first-order valence-corrected chi connectivity index (χ1v) is 3.99. The summed E-state index contributed by atoms with van der Waals surface area (Å²) in [6.07, 6.45) is 10.1. The van der Waals surface area contributed by atoms with Crippen LogP contribution in [0.3, 0.4) is 0 Å². The second-order valence-corrected chi connectivity index (χ2v) is 2.24. The van der Waals surface area contributed by atoms with Gasteiger partial charge in [0.25, 0.3) is 0 Å². The number of allylic oxidation sites excluding steroid dienone is 4. The fourth-order valence-electron chi connectivity index (χ4n) is 0.714. The van der Waals surface area contributed by atoms with Crippen molar-refractivity contribution in [2.75, 3.05) is 0 Å². The lowest BCUT2D eigenvalue weighted by Crippen LogP contribution is -2.02. The highest BCUT2D eigenvalue weighted by atomic mass is 15.3. The summed E-state index contributed by atoms with van der Waals surface area (Å²) in [5.41, 5.74) is 3.81. The number of aliphatic imine (C=N–C) groups is 1. The van der Waals surface area contributed by atoms with Gasteiger partial charge in [0.2, 0.25) is 0 Å². The van der Waals surface area contributed by atoms with Crippen molar-refractivity contribution in [3.05, 3.63) is 36.2 Å². The average Bonchev–Trinajstić information content (AvgIpc) is 2.16. The highest BCUT2D eigenvalue weighted by Crippen LogP contribution is 1.97. The van der Waals surface area contributed by atoms with E-state index in [4.69, 9.17) is 0 Å². The summed E-state index contributed by atoms with van der Waals surface area (Å²) in [4.78, 5) is 3.57. The molecule has 0 amide bonds. The van der Waals surface area contributed by atoms with Crippen LogP contribution in [-0.4, -0.2) is 13.4 Å². The van der Waals surface area contributed by atoms with Gasteiger partial charge in [0.1, 0.15) is 0 Å². The summed E-state index contributed by atoms with van der Waals surface area (Å²) in [6.45, 7) is 8.61. The molecule has 0 saturated heterocycles. The molecule has 0 radical (unpaired) electrons. The normalized spacial score (nSPS) is 12.2. The summed E-state index contributed by atoms with van der Waals surface area (Å²) < 4.78 is 0. The Morgan fingerprint density at radius 3 is 2.69 bits per heavy atom. The highest BCUT2D eigenvalue weighted by Gasteiger charge is 1.86. The summed E-state index contributed by atoms with van der Waals surface area (Å²) >= 11 is 0. The van der Waals surface area contributed by atoms with Gasteiger partial charge in [-0.1, -0.05) is 18.2 Å². The first-order valence-electron chi connectivity index (χ1n) is 3.99. The molecule has 70 valence electrons. The van der Waals surface area contributed by atoms with E-state index in [1.165, 1.54) is 0 Å². The summed E-state index contributed by atoms with van der Waals surface area (Å²) in [6, 6.07) is 0.